The van der Waals surface area contributed by atoms with Crippen LogP contribution in [0, 0.1) is 0 Å². The highest BCUT2D eigenvalue weighted by Crippen LogP contribution is 2.30. The van der Waals surface area contributed by atoms with E-state index < -0.39 is 0 Å². The highest BCUT2D eigenvalue weighted by molar-refractivity contribution is 5.88. The van der Waals surface area contributed by atoms with Gasteiger partial charge in [0.05, 0.1) is 23.5 Å². The Morgan fingerprint density at radius 1 is 1.12 bits per heavy atom. The number of aromatic amines is 1. The molecule has 0 saturated heterocycles. The number of nitrogens with one attached hydrogen (secondary N) is 2. The quantitative estimate of drug-likeness (QED) is 0.777. The van der Waals surface area contributed by atoms with Gasteiger partial charge < -0.3 is 5.32 Å². The summed E-state index contributed by atoms with van der Waals surface area (Å²) in [5.74, 6) is -0.0820. The van der Waals surface area contributed by atoms with Crippen LogP contribution in [0.1, 0.15) is 29.3 Å². The first-order chi connectivity index (χ1) is 11.7. The summed E-state index contributed by atoms with van der Waals surface area (Å²) in [7, 11) is 0. The first-order valence-electron chi connectivity index (χ1n) is 8.06. The summed E-state index contributed by atoms with van der Waals surface area (Å²) >= 11 is 0. The second-order valence-electron chi connectivity index (χ2n) is 6.08. The van der Waals surface area contributed by atoms with Crippen molar-refractivity contribution in [2.75, 3.05) is 0 Å². The molecule has 3 aromatic rings. The first-order valence-corrected chi connectivity index (χ1v) is 8.06. The van der Waals surface area contributed by atoms with Crippen molar-refractivity contribution in [2.45, 2.75) is 25.3 Å². The van der Waals surface area contributed by atoms with Crippen LogP contribution in [-0.2, 0) is 17.6 Å². The lowest BCUT2D eigenvalue weighted by Gasteiger charge is -2.14. The molecule has 2 aromatic carbocycles. The zero-order valence-corrected chi connectivity index (χ0v) is 13.1. The molecule has 1 atom stereocenters. The number of nitrogens with zero attached hydrogens (tertiary/aromatic N) is 1. The minimum absolute atomic E-state index is 0.0581. The van der Waals surface area contributed by atoms with Crippen molar-refractivity contribution in [3.8, 4) is 0 Å². The minimum atomic E-state index is -0.237. The van der Waals surface area contributed by atoms with Crippen molar-refractivity contribution in [2.24, 2.45) is 0 Å². The molecule has 0 aliphatic heterocycles. The number of aromatic nitrogens is 2. The number of fused-ring (bicyclic) bond motifs is 2. The van der Waals surface area contributed by atoms with Crippen LogP contribution in [-0.4, -0.2) is 16.1 Å². The topological polar surface area (TPSA) is 74.8 Å². The van der Waals surface area contributed by atoms with Crippen molar-refractivity contribution in [1.29, 1.82) is 0 Å². The summed E-state index contributed by atoms with van der Waals surface area (Å²) in [4.78, 5) is 24.3. The monoisotopic (exact) mass is 319 g/mol. The Labute approximate surface area is 138 Å². The molecule has 1 amide bonds. The summed E-state index contributed by atoms with van der Waals surface area (Å²) in [5.41, 5.74) is 2.86. The van der Waals surface area contributed by atoms with Crippen LogP contribution in [0.3, 0.4) is 0 Å². The molecule has 0 spiro atoms. The van der Waals surface area contributed by atoms with E-state index >= 15 is 0 Å². The Kier molecular flexibility index (Phi) is 3.61. The fraction of sp³-hybridized carbons (Fsp3) is 0.211. The number of rotatable bonds is 3. The van der Waals surface area contributed by atoms with E-state index in [1.54, 1.807) is 12.1 Å². The standard InChI is InChI=1S/C19H17N3O2/c23-18(20-16-10-9-12-5-1-2-6-13(12)16)11-17-14-7-3-4-8-15(14)19(24)22-21-17/h1-8,16H,9-11H2,(H,20,23)(H,22,24). The first kappa shape index (κ1) is 14.6. The van der Waals surface area contributed by atoms with E-state index in [0.29, 0.717) is 11.1 Å². The number of carbonyl (C=O) groups excluding carboxylic acids is 1. The van der Waals surface area contributed by atoms with Gasteiger partial charge in [-0.2, -0.15) is 5.10 Å². The van der Waals surface area contributed by atoms with Crippen LogP contribution in [0.4, 0.5) is 0 Å². The fourth-order valence-corrected chi connectivity index (χ4v) is 3.41. The Morgan fingerprint density at radius 3 is 2.75 bits per heavy atom. The second-order valence-corrected chi connectivity index (χ2v) is 6.08. The minimum Gasteiger partial charge on any atom is -0.349 e. The Morgan fingerprint density at radius 2 is 1.88 bits per heavy atom. The lowest BCUT2D eigenvalue weighted by molar-refractivity contribution is -0.121. The van der Waals surface area contributed by atoms with E-state index in [4.69, 9.17) is 0 Å². The largest absolute Gasteiger partial charge is 0.349 e. The highest BCUT2D eigenvalue weighted by atomic mass is 16.1. The molecule has 4 rings (SSSR count). The normalized spacial score (nSPS) is 16.1. The molecule has 5 heteroatoms. The van der Waals surface area contributed by atoms with Crippen molar-refractivity contribution < 1.29 is 4.79 Å². The smallest absolute Gasteiger partial charge is 0.272 e. The predicted molar refractivity (Wildman–Crippen MR) is 91.7 cm³/mol. The SMILES string of the molecule is O=C(Cc1n[nH]c(=O)c2ccccc12)NC1CCc2ccccc21. The van der Waals surface area contributed by atoms with Crippen molar-refractivity contribution in [3.63, 3.8) is 0 Å². The molecule has 1 aromatic heterocycles. The van der Waals surface area contributed by atoms with Gasteiger partial charge >= 0.3 is 0 Å². The molecule has 5 nitrogen and oxygen atoms in total. The number of hydrogen-bond donors (Lipinski definition) is 2. The molecule has 0 saturated carbocycles. The number of H-pyrrole nitrogens is 1. The molecular formula is C19H17N3O2. The summed E-state index contributed by atoms with van der Waals surface area (Å²) < 4.78 is 0. The maximum absolute atomic E-state index is 12.5. The average Bonchev–Trinajstić information content (AvgIpc) is 3.01. The number of amides is 1. The van der Waals surface area contributed by atoms with Gasteiger partial charge in [0.2, 0.25) is 5.91 Å². The summed E-state index contributed by atoms with van der Waals surface area (Å²) in [6, 6.07) is 15.5. The van der Waals surface area contributed by atoms with Crippen LogP contribution < -0.4 is 10.9 Å². The third-order valence-electron chi connectivity index (χ3n) is 4.57. The van der Waals surface area contributed by atoms with Crippen LogP contribution >= 0.6 is 0 Å². The summed E-state index contributed by atoms with van der Waals surface area (Å²) in [6.45, 7) is 0. The van der Waals surface area contributed by atoms with Gasteiger partial charge in [-0.05, 0) is 30.0 Å². The van der Waals surface area contributed by atoms with Crippen LogP contribution in [0.25, 0.3) is 10.8 Å². The van der Waals surface area contributed by atoms with E-state index in [9.17, 15) is 9.59 Å². The molecule has 2 N–H and O–H groups in total. The molecular weight excluding hydrogens is 302 g/mol. The molecule has 1 heterocycles. The van der Waals surface area contributed by atoms with Gasteiger partial charge in [-0.1, -0.05) is 42.5 Å². The van der Waals surface area contributed by atoms with Gasteiger partial charge in [-0.3, -0.25) is 9.59 Å². The number of hydrogen-bond acceptors (Lipinski definition) is 3. The highest BCUT2D eigenvalue weighted by Gasteiger charge is 2.23. The molecule has 24 heavy (non-hydrogen) atoms. The summed E-state index contributed by atoms with van der Waals surface area (Å²) in [6.07, 6.45) is 2.06. The van der Waals surface area contributed by atoms with E-state index in [-0.39, 0.29) is 23.9 Å². The van der Waals surface area contributed by atoms with Gasteiger partial charge in [-0.15, -0.1) is 0 Å². The third-order valence-corrected chi connectivity index (χ3v) is 4.57. The van der Waals surface area contributed by atoms with Crippen LogP contribution in [0.2, 0.25) is 0 Å². The van der Waals surface area contributed by atoms with Crippen molar-refractivity contribution in [1.82, 2.24) is 15.5 Å². The average molecular weight is 319 g/mol. The van der Waals surface area contributed by atoms with E-state index in [1.807, 2.05) is 24.3 Å². The maximum Gasteiger partial charge on any atom is 0.272 e. The van der Waals surface area contributed by atoms with Crippen LogP contribution in [0.5, 0.6) is 0 Å². The Bertz CT molecular complexity index is 978. The molecule has 120 valence electrons. The van der Waals surface area contributed by atoms with E-state index in [2.05, 4.69) is 27.6 Å². The van der Waals surface area contributed by atoms with Gasteiger partial charge in [-0.25, -0.2) is 5.10 Å². The number of carbonyl (C=O) groups is 1. The number of aryl methyl sites for hydroxylation is 1. The molecule has 1 unspecified atom stereocenters. The molecule has 1 aliphatic rings. The third kappa shape index (κ3) is 2.58. The second kappa shape index (κ2) is 5.92. The zero-order valence-electron chi connectivity index (χ0n) is 13.1. The molecule has 0 fully saturated rings. The summed E-state index contributed by atoms with van der Waals surface area (Å²) in [5, 5.41) is 10.9. The molecule has 0 radical (unpaired) electrons. The van der Waals surface area contributed by atoms with E-state index in [1.165, 1.54) is 11.1 Å². The lowest BCUT2D eigenvalue weighted by Crippen LogP contribution is -2.29. The zero-order chi connectivity index (χ0) is 16.5. The van der Waals surface area contributed by atoms with E-state index in [0.717, 1.165) is 18.2 Å². The van der Waals surface area contributed by atoms with Gasteiger partial charge in [0, 0.05) is 5.39 Å². The van der Waals surface area contributed by atoms with Crippen LogP contribution in [0.15, 0.2) is 53.3 Å². The molecule has 1 aliphatic carbocycles. The van der Waals surface area contributed by atoms with Gasteiger partial charge in [0.15, 0.2) is 0 Å². The fourth-order valence-electron chi connectivity index (χ4n) is 3.41. The van der Waals surface area contributed by atoms with Gasteiger partial charge in [0.1, 0.15) is 0 Å². The molecule has 0 bridgehead atoms. The lowest BCUT2D eigenvalue weighted by atomic mass is 10.1. The predicted octanol–water partition coefficient (Wildman–Crippen LogP) is 2.27. The number of benzene rings is 2. The Hall–Kier alpha value is -2.95. The van der Waals surface area contributed by atoms with Crippen molar-refractivity contribution >= 4 is 16.7 Å². The maximum atomic E-state index is 12.5. The Balaban J connectivity index is 1.56. The van der Waals surface area contributed by atoms with Gasteiger partial charge in [0.25, 0.3) is 5.56 Å². The van der Waals surface area contributed by atoms with Crippen molar-refractivity contribution in [3.05, 3.63) is 75.7 Å².